The second-order valence-electron chi connectivity index (χ2n) is 4.55. The molecule has 1 unspecified atom stereocenters. The van der Waals surface area contributed by atoms with Crippen molar-refractivity contribution in [3.05, 3.63) is 0 Å². The maximum absolute atomic E-state index is 11.5. The maximum Gasteiger partial charge on any atom is 1.00 e. The molecule has 0 radical (unpaired) electrons. The summed E-state index contributed by atoms with van der Waals surface area (Å²) in [5.74, 6) is -2.59. The summed E-state index contributed by atoms with van der Waals surface area (Å²) in [6.07, 6.45) is 4.96. The van der Waals surface area contributed by atoms with E-state index in [1.165, 1.54) is 0 Å². The molecule has 7 heteroatoms. The molecular weight excluding hydrogens is 273 g/mol. The summed E-state index contributed by atoms with van der Waals surface area (Å²) in [6.45, 7) is 2.10. The Labute approximate surface area is 143 Å². The molecular formula is C13H24NNaO5. The van der Waals surface area contributed by atoms with Crippen molar-refractivity contribution in [2.75, 3.05) is 0 Å². The van der Waals surface area contributed by atoms with Gasteiger partial charge in [-0.25, -0.2) is 4.79 Å². The summed E-state index contributed by atoms with van der Waals surface area (Å²) in [5.41, 5.74) is 0. The summed E-state index contributed by atoms with van der Waals surface area (Å²) < 4.78 is 0. The van der Waals surface area contributed by atoms with Crippen LogP contribution in [0.5, 0.6) is 0 Å². The molecule has 1 atom stereocenters. The van der Waals surface area contributed by atoms with Crippen LogP contribution in [0.4, 0.5) is 0 Å². The fourth-order valence-corrected chi connectivity index (χ4v) is 1.68. The molecule has 6 nitrogen and oxygen atoms in total. The normalized spacial score (nSPS) is 11.2. The summed E-state index contributed by atoms with van der Waals surface area (Å²) in [7, 11) is 0. The minimum Gasteiger partial charge on any atom is -1.00 e. The Morgan fingerprint density at radius 3 is 2.15 bits per heavy atom. The van der Waals surface area contributed by atoms with Gasteiger partial charge in [0.25, 0.3) is 0 Å². The number of carboxylic acids is 2. The van der Waals surface area contributed by atoms with Gasteiger partial charge in [-0.15, -0.1) is 0 Å². The fraction of sp³-hybridized carbons (Fsp3) is 0.769. The van der Waals surface area contributed by atoms with Gasteiger partial charge in [0.15, 0.2) is 0 Å². The number of carboxylic acid groups (broad SMARTS) is 2. The van der Waals surface area contributed by atoms with Gasteiger partial charge in [-0.3, -0.25) is 9.59 Å². The molecule has 0 saturated carbocycles. The molecule has 20 heavy (non-hydrogen) atoms. The standard InChI is InChI=1S/C13H23NO5.Na.H/c1-2-3-4-5-6-7-11(15)14-10(13(18)19)8-9-12(16)17;;/h10H,2-9H2,1H3,(H,14,15)(H,16,17)(H,18,19);;/q;+1;-1. The number of hydrogen-bond donors (Lipinski definition) is 3. The van der Waals surface area contributed by atoms with Crippen molar-refractivity contribution in [1.29, 1.82) is 0 Å². The van der Waals surface area contributed by atoms with Gasteiger partial charge in [0, 0.05) is 12.8 Å². The van der Waals surface area contributed by atoms with Crippen molar-refractivity contribution in [3.63, 3.8) is 0 Å². The van der Waals surface area contributed by atoms with Crippen LogP contribution in [0.1, 0.15) is 59.7 Å². The molecule has 1 amide bonds. The first-order chi connectivity index (χ1) is 8.97. The number of hydrogen-bond acceptors (Lipinski definition) is 3. The first-order valence-electron chi connectivity index (χ1n) is 6.71. The predicted octanol–water partition coefficient (Wildman–Crippen LogP) is -1.10. The van der Waals surface area contributed by atoms with Gasteiger partial charge in [0.1, 0.15) is 6.04 Å². The van der Waals surface area contributed by atoms with E-state index in [4.69, 9.17) is 10.2 Å². The largest absolute Gasteiger partial charge is 1.00 e. The Morgan fingerprint density at radius 2 is 1.65 bits per heavy atom. The molecule has 0 heterocycles. The van der Waals surface area contributed by atoms with Crippen molar-refractivity contribution in [2.45, 2.75) is 64.3 Å². The van der Waals surface area contributed by atoms with Gasteiger partial charge in [-0.1, -0.05) is 32.6 Å². The van der Waals surface area contributed by atoms with Gasteiger partial charge in [0.2, 0.25) is 5.91 Å². The smallest absolute Gasteiger partial charge is 1.00 e. The summed E-state index contributed by atoms with van der Waals surface area (Å²) in [6, 6.07) is -1.11. The number of nitrogens with one attached hydrogen (secondary N) is 1. The number of unbranched alkanes of at least 4 members (excludes halogenated alkanes) is 4. The number of aliphatic carboxylic acids is 2. The Balaban J connectivity index is -0.00000162. The quantitative estimate of drug-likeness (QED) is 0.332. The molecule has 0 spiro atoms. The molecule has 0 aliphatic carbocycles. The van der Waals surface area contributed by atoms with Gasteiger partial charge in [-0.05, 0) is 12.8 Å². The third kappa shape index (κ3) is 12.4. The van der Waals surface area contributed by atoms with Crippen LogP contribution in [-0.2, 0) is 14.4 Å². The monoisotopic (exact) mass is 297 g/mol. The molecule has 0 aromatic rings. The molecule has 0 aliphatic heterocycles. The van der Waals surface area contributed by atoms with Crippen molar-refractivity contribution in [3.8, 4) is 0 Å². The van der Waals surface area contributed by atoms with Crippen LogP contribution >= 0.6 is 0 Å². The topological polar surface area (TPSA) is 104 Å². The Bertz CT molecular complexity index is 315. The van der Waals surface area contributed by atoms with E-state index in [0.29, 0.717) is 6.42 Å². The summed E-state index contributed by atoms with van der Waals surface area (Å²) >= 11 is 0. The zero-order valence-electron chi connectivity index (χ0n) is 13.4. The van der Waals surface area contributed by atoms with E-state index in [1.807, 2.05) is 0 Å². The van der Waals surface area contributed by atoms with Gasteiger partial charge >= 0.3 is 41.5 Å². The van der Waals surface area contributed by atoms with E-state index >= 15 is 0 Å². The first-order valence-corrected chi connectivity index (χ1v) is 6.71. The predicted molar refractivity (Wildman–Crippen MR) is 70.9 cm³/mol. The molecule has 112 valence electrons. The van der Waals surface area contributed by atoms with Gasteiger partial charge < -0.3 is 17.0 Å². The van der Waals surface area contributed by atoms with Crippen LogP contribution in [-0.4, -0.2) is 34.1 Å². The zero-order valence-corrected chi connectivity index (χ0v) is 14.4. The Morgan fingerprint density at radius 1 is 1.05 bits per heavy atom. The molecule has 0 saturated heterocycles. The number of carbonyl (C=O) groups is 3. The van der Waals surface area contributed by atoms with Crippen LogP contribution in [0.3, 0.4) is 0 Å². The molecule has 0 fully saturated rings. The van der Waals surface area contributed by atoms with E-state index in [9.17, 15) is 14.4 Å². The molecule has 0 aliphatic rings. The second kappa shape index (κ2) is 13.4. The van der Waals surface area contributed by atoms with Crippen LogP contribution in [0.15, 0.2) is 0 Å². The van der Waals surface area contributed by atoms with E-state index in [-0.39, 0.29) is 49.7 Å². The van der Waals surface area contributed by atoms with Crippen molar-refractivity contribution >= 4 is 17.8 Å². The van der Waals surface area contributed by atoms with Crippen molar-refractivity contribution in [1.82, 2.24) is 5.32 Å². The van der Waals surface area contributed by atoms with E-state index in [2.05, 4.69) is 12.2 Å². The third-order valence-corrected chi connectivity index (χ3v) is 2.79. The van der Waals surface area contributed by atoms with E-state index in [0.717, 1.165) is 32.1 Å². The minimum absolute atomic E-state index is 0. The van der Waals surface area contributed by atoms with Crippen LogP contribution in [0.2, 0.25) is 0 Å². The maximum atomic E-state index is 11.5. The number of amides is 1. The number of rotatable bonds is 11. The molecule has 0 rings (SSSR count). The Hall–Kier alpha value is -0.590. The van der Waals surface area contributed by atoms with Crippen molar-refractivity contribution < 1.29 is 55.6 Å². The van der Waals surface area contributed by atoms with Crippen molar-refractivity contribution in [2.24, 2.45) is 0 Å². The summed E-state index contributed by atoms with van der Waals surface area (Å²) in [5, 5.41) is 19.7. The van der Waals surface area contributed by atoms with Gasteiger partial charge in [-0.2, -0.15) is 0 Å². The number of carbonyl (C=O) groups excluding carboxylic acids is 1. The fourth-order valence-electron chi connectivity index (χ4n) is 1.68. The SMILES string of the molecule is CCCCCCCC(=O)NC(CCC(=O)O)C(=O)O.[H-].[Na+]. The van der Waals surface area contributed by atoms with Crippen LogP contribution in [0, 0.1) is 0 Å². The molecule has 0 bridgehead atoms. The molecule has 0 aromatic heterocycles. The van der Waals surface area contributed by atoms with E-state index < -0.39 is 18.0 Å². The summed E-state index contributed by atoms with van der Waals surface area (Å²) in [4.78, 5) is 32.7. The second-order valence-corrected chi connectivity index (χ2v) is 4.55. The zero-order chi connectivity index (χ0) is 14.7. The van der Waals surface area contributed by atoms with Crippen LogP contribution in [0.25, 0.3) is 0 Å². The van der Waals surface area contributed by atoms with Crippen LogP contribution < -0.4 is 34.9 Å². The minimum atomic E-state index is -1.19. The first kappa shape index (κ1) is 21.7. The third-order valence-electron chi connectivity index (χ3n) is 2.79. The van der Waals surface area contributed by atoms with E-state index in [1.54, 1.807) is 0 Å². The van der Waals surface area contributed by atoms with Gasteiger partial charge in [0.05, 0.1) is 0 Å². The molecule has 0 aromatic carbocycles. The Kier molecular flexibility index (Phi) is 14.5. The molecule has 3 N–H and O–H groups in total. The average molecular weight is 297 g/mol. The average Bonchev–Trinajstić information content (AvgIpc) is 2.33.